The molecule has 0 saturated carbocycles. The minimum absolute atomic E-state index is 0.0520. The minimum atomic E-state index is -0.561. The van der Waals surface area contributed by atoms with E-state index < -0.39 is 6.10 Å². The van der Waals surface area contributed by atoms with Gasteiger partial charge in [-0.15, -0.1) is 0 Å². The number of unbranched alkanes of at least 4 members (excludes halogenated alkanes) is 19. The topological polar surface area (TPSA) is 61.8 Å². The molecule has 0 spiro atoms. The van der Waals surface area contributed by atoms with Crippen LogP contribution in [-0.2, 0) is 23.8 Å². The van der Waals surface area contributed by atoms with Crippen molar-refractivity contribution in [1.82, 2.24) is 0 Å². The van der Waals surface area contributed by atoms with Crippen LogP contribution in [0.15, 0.2) is 72.9 Å². The van der Waals surface area contributed by atoms with Crippen molar-refractivity contribution < 1.29 is 23.8 Å². The van der Waals surface area contributed by atoms with E-state index in [0.717, 1.165) is 83.5 Å². The molecule has 0 rings (SSSR count). The van der Waals surface area contributed by atoms with Crippen LogP contribution in [0.4, 0.5) is 0 Å². The molecule has 0 saturated heterocycles. The fourth-order valence-electron chi connectivity index (χ4n) is 6.23. The van der Waals surface area contributed by atoms with Crippen molar-refractivity contribution in [3.05, 3.63) is 72.9 Å². The minimum Gasteiger partial charge on any atom is -0.462 e. The van der Waals surface area contributed by atoms with Gasteiger partial charge in [0.05, 0.1) is 6.61 Å². The average Bonchev–Trinajstić information content (AvgIpc) is 3.20. The SMILES string of the molecule is CC/C=C\C/C=C\C/C=C\C/C=C\C/C=C\CCCC(=O)OCC(COCCCCCCCCCCCCCC)OC(=O)CCCCCCC/C=C\CCCC. The molecule has 0 aliphatic carbocycles. The Morgan fingerprint density at radius 3 is 1.41 bits per heavy atom. The molecule has 5 nitrogen and oxygen atoms in total. The lowest BCUT2D eigenvalue weighted by Crippen LogP contribution is -2.30. The summed E-state index contributed by atoms with van der Waals surface area (Å²) < 4.78 is 17.3. The predicted molar refractivity (Wildman–Crippen MR) is 242 cm³/mol. The molecule has 5 heteroatoms. The smallest absolute Gasteiger partial charge is 0.306 e. The van der Waals surface area contributed by atoms with Crippen LogP contribution in [0, 0.1) is 0 Å². The first-order valence-electron chi connectivity index (χ1n) is 23.5. The van der Waals surface area contributed by atoms with E-state index in [4.69, 9.17) is 14.2 Å². The maximum atomic E-state index is 12.7. The molecule has 0 heterocycles. The number of rotatable bonds is 42. The predicted octanol–water partition coefficient (Wildman–Crippen LogP) is 15.6. The summed E-state index contributed by atoms with van der Waals surface area (Å²) in [6, 6.07) is 0. The third-order valence-electron chi connectivity index (χ3n) is 9.73. The van der Waals surface area contributed by atoms with Gasteiger partial charge in [-0.05, 0) is 77.0 Å². The van der Waals surface area contributed by atoms with Gasteiger partial charge in [0.1, 0.15) is 6.61 Å². The van der Waals surface area contributed by atoms with Crippen molar-refractivity contribution >= 4 is 11.9 Å². The number of ether oxygens (including phenoxy) is 3. The summed E-state index contributed by atoms with van der Waals surface area (Å²) in [4.78, 5) is 25.2. The van der Waals surface area contributed by atoms with Gasteiger partial charge in [-0.25, -0.2) is 0 Å². The largest absolute Gasteiger partial charge is 0.462 e. The Balaban J connectivity index is 4.34. The monoisotopic (exact) mass is 781 g/mol. The molecular formula is C51H88O5. The summed E-state index contributed by atoms with van der Waals surface area (Å²) in [5.74, 6) is -0.475. The zero-order chi connectivity index (χ0) is 40.7. The van der Waals surface area contributed by atoms with Gasteiger partial charge in [0.2, 0.25) is 0 Å². The highest BCUT2D eigenvalue weighted by atomic mass is 16.6. The maximum Gasteiger partial charge on any atom is 0.306 e. The zero-order valence-corrected chi connectivity index (χ0v) is 36.9. The Morgan fingerprint density at radius 1 is 0.411 bits per heavy atom. The van der Waals surface area contributed by atoms with Gasteiger partial charge in [0.15, 0.2) is 6.10 Å². The van der Waals surface area contributed by atoms with Crippen molar-refractivity contribution in [2.75, 3.05) is 19.8 Å². The lowest BCUT2D eigenvalue weighted by atomic mass is 10.1. The van der Waals surface area contributed by atoms with Crippen LogP contribution in [0.3, 0.4) is 0 Å². The van der Waals surface area contributed by atoms with E-state index in [1.54, 1.807) is 0 Å². The Hall–Kier alpha value is -2.66. The summed E-state index contributed by atoms with van der Waals surface area (Å²) in [6.07, 6.45) is 59.0. The number of carbonyl (C=O) groups is 2. The van der Waals surface area contributed by atoms with Crippen LogP contribution in [0.25, 0.3) is 0 Å². The molecule has 0 fully saturated rings. The van der Waals surface area contributed by atoms with Crippen LogP contribution in [0.5, 0.6) is 0 Å². The fraction of sp³-hybridized carbons (Fsp3) is 0.725. The molecule has 0 aromatic rings. The number of allylic oxidation sites excluding steroid dienone is 12. The second kappa shape index (κ2) is 46.7. The zero-order valence-electron chi connectivity index (χ0n) is 36.9. The maximum absolute atomic E-state index is 12.7. The molecule has 0 aromatic carbocycles. The van der Waals surface area contributed by atoms with Crippen LogP contribution in [0.1, 0.15) is 213 Å². The van der Waals surface area contributed by atoms with Gasteiger partial charge >= 0.3 is 11.9 Å². The molecule has 0 aliphatic heterocycles. The summed E-state index contributed by atoms with van der Waals surface area (Å²) in [5.41, 5.74) is 0. The van der Waals surface area contributed by atoms with Gasteiger partial charge in [-0.1, -0.05) is 196 Å². The molecule has 1 unspecified atom stereocenters. The highest BCUT2D eigenvalue weighted by Crippen LogP contribution is 2.13. The third-order valence-corrected chi connectivity index (χ3v) is 9.73. The number of esters is 2. The summed E-state index contributed by atoms with van der Waals surface area (Å²) >= 11 is 0. The normalized spacial score (nSPS) is 12.8. The molecule has 0 aliphatic rings. The van der Waals surface area contributed by atoms with Crippen molar-refractivity contribution in [3.8, 4) is 0 Å². The molecule has 0 amide bonds. The number of hydrogen-bond acceptors (Lipinski definition) is 5. The second-order valence-electron chi connectivity index (χ2n) is 15.3. The standard InChI is InChI=1S/C51H88O5/c1-4-7-10-13-16-19-22-24-25-26-27-28-30-32-35-38-41-44-50(52)55-48-49(47-54-46-43-40-37-34-31-23-20-17-14-11-8-5-2)56-51(53)45-42-39-36-33-29-21-18-15-12-9-6-3/h7,10,15-16,18-19,24-25,27-28,32,35,49H,4-6,8-9,11-14,17,20-23,26,29-31,33-34,36-48H2,1-3H3/b10-7-,18-15-,19-16-,25-24-,28-27-,35-32-. The average molecular weight is 781 g/mol. The van der Waals surface area contributed by atoms with Crippen molar-refractivity contribution in [1.29, 1.82) is 0 Å². The van der Waals surface area contributed by atoms with E-state index >= 15 is 0 Å². The Morgan fingerprint density at radius 2 is 0.839 bits per heavy atom. The van der Waals surface area contributed by atoms with Crippen molar-refractivity contribution in [3.63, 3.8) is 0 Å². The van der Waals surface area contributed by atoms with Crippen molar-refractivity contribution in [2.45, 2.75) is 219 Å². The van der Waals surface area contributed by atoms with Crippen LogP contribution in [0.2, 0.25) is 0 Å². The lowest BCUT2D eigenvalue weighted by Gasteiger charge is -2.18. The molecule has 0 aromatic heterocycles. The van der Waals surface area contributed by atoms with Gasteiger partial charge in [-0.2, -0.15) is 0 Å². The van der Waals surface area contributed by atoms with E-state index in [9.17, 15) is 9.59 Å². The summed E-state index contributed by atoms with van der Waals surface area (Å²) in [5, 5.41) is 0. The first-order chi connectivity index (χ1) is 27.6. The first-order valence-corrected chi connectivity index (χ1v) is 23.5. The lowest BCUT2D eigenvalue weighted by molar-refractivity contribution is -0.163. The number of carbonyl (C=O) groups excluding carboxylic acids is 2. The molecule has 0 radical (unpaired) electrons. The van der Waals surface area contributed by atoms with Gasteiger partial charge in [-0.3, -0.25) is 9.59 Å². The Kier molecular flexibility index (Phi) is 44.5. The second-order valence-corrected chi connectivity index (χ2v) is 15.3. The highest BCUT2D eigenvalue weighted by molar-refractivity contribution is 5.70. The molecule has 0 N–H and O–H groups in total. The molecule has 56 heavy (non-hydrogen) atoms. The van der Waals surface area contributed by atoms with E-state index in [-0.39, 0.29) is 25.2 Å². The van der Waals surface area contributed by atoms with Crippen LogP contribution in [-0.4, -0.2) is 37.9 Å². The van der Waals surface area contributed by atoms with Crippen LogP contribution < -0.4 is 0 Å². The summed E-state index contributed by atoms with van der Waals surface area (Å²) in [7, 11) is 0. The number of hydrogen-bond donors (Lipinski definition) is 0. The van der Waals surface area contributed by atoms with E-state index in [2.05, 4.69) is 93.7 Å². The first kappa shape index (κ1) is 53.3. The van der Waals surface area contributed by atoms with E-state index in [1.807, 2.05) is 0 Å². The van der Waals surface area contributed by atoms with Crippen molar-refractivity contribution in [2.24, 2.45) is 0 Å². The van der Waals surface area contributed by atoms with Gasteiger partial charge in [0, 0.05) is 19.4 Å². The molecule has 1 atom stereocenters. The molecule has 0 bridgehead atoms. The molecular weight excluding hydrogens is 693 g/mol. The Bertz CT molecular complexity index is 1020. The third kappa shape index (κ3) is 44.1. The quantitative estimate of drug-likeness (QED) is 0.0351. The highest BCUT2D eigenvalue weighted by Gasteiger charge is 2.17. The van der Waals surface area contributed by atoms with Crippen LogP contribution >= 0.6 is 0 Å². The van der Waals surface area contributed by atoms with Gasteiger partial charge in [0.25, 0.3) is 0 Å². The fourth-order valence-corrected chi connectivity index (χ4v) is 6.23. The van der Waals surface area contributed by atoms with Gasteiger partial charge < -0.3 is 14.2 Å². The Labute approximate surface area is 347 Å². The van der Waals surface area contributed by atoms with E-state index in [0.29, 0.717) is 19.4 Å². The van der Waals surface area contributed by atoms with E-state index in [1.165, 1.54) is 96.3 Å². The summed E-state index contributed by atoms with van der Waals surface area (Å²) in [6.45, 7) is 7.61. The molecule has 322 valence electrons.